The van der Waals surface area contributed by atoms with Gasteiger partial charge in [-0.05, 0) is 24.1 Å². The molecule has 2 amide bonds. The van der Waals surface area contributed by atoms with Gasteiger partial charge in [-0.2, -0.15) is 0 Å². The number of cyclic esters (lactones) is 1. The van der Waals surface area contributed by atoms with Crippen molar-refractivity contribution in [2.75, 3.05) is 13.2 Å². The van der Waals surface area contributed by atoms with Crippen LogP contribution in [0.5, 0.6) is 5.75 Å². The van der Waals surface area contributed by atoms with Crippen molar-refractivity contribution < 1.29 is 19.4 Å². The van der Waals surface area contributed by atoms with E-state index in [-0.39, 0.29) is 24.2 Å². The molecule has 0 aliphatic carbocycles. The van der Waals surface area contributed by atoms with Gasteiger partial charge in [0.15, 0.2) is 0 Å². The highest BCUT2D eigenvalue weighted by molar-refractivity contribution is 5.96. The van der Waals surface area contributed by atoms with Crippen LogP contribution in [0.15, 0.2) is 24.3 Å². The van der Waals surface area contributed by atoms with Crippen molar-refractivity contribution in [3.05, 3.63) is 29.8 Å². The highest BCUT2D eigenvalue weighted by atomic mass is 16.6. The Kier molecular flexibility index (Phi) is 4.61. The Hall–Kier alpha value is -2.04. The molecule has 5 heteroatoms. The van der Waals surface area contributed by atoms with Crippen LogP contribution in [0, 0.1) is 0 Å². The van der Waals surface area contributed by atoms with E-state index in [4.69, 9.17) is 4.74 Å². The second-order valence-corrected chi connectivity index (χ2v) is 4.89. The average molecular weight is 277 g/mol. The SMILES string of the molecule is CCCCC(C(=O)N1CCOC1=O)c1ccc(O)cc1. The van der Waals surface area contributed by atoms with Crippen LogP contribution < -0.4 is 0 Å². The molecule has 1 heterocycles. The van der Waals surface area contributed by atoms with E-state index in [1.54, 1.807) is 24.3 Å². The van der Waals surface area contributed by atoms with Gasteiger partial charge < -0.3 is 9.84 Å². The standard InChI is InChI=1S/C15H19NO4/c1-2-3-4-13(11-5-7-12(17)8-6-11)14(18)16-9-10-20-15(16)19/h5-8,13,17H,2-4,9-10H2,1H3. The van der Waals surface area contributed by atoms with Gasteiger partial charge in [-0.1, -0.05) is 31.9 Å². The van der Waals surface area contributed by atoms with Crippen molar-refractivity contribution in [2.24, 2.45) is 0 Å². The summed E-state index contributed by atoms with van der Waals surface area (Å²) in [7, 11) is 0. The summed E-state index contributed by atoms with van der Waals surface area (Å²) < 4.78 is 4.82. The van der Waals surface area contributed by atoms with Gasteiger partial charge in [0.05, 0.1) is 12.5 Å². The van der Waals surface area contributed by atoms with Crippen LogP contribution in [0.3, 0.4) is 0 Å². The molecule has 1 aliphatic heterocycles. The van der Waals surface area contributed by atoms with Crippen LogP contribution in [-0.4, -0.2) is 35.2 Å². The van der Waals surface area contributed by atoms with Gasteiger partial charge in [0.1, 0.15) is 12.4 Å². The summed E-state index contributed by atoms with van der Waals surface area (Å²) in [6, 6.07) is 6.58. The van der Waals surface area contributed by atoms with Crippen molar-refractivity contribution in [3.8, 4) is 5.75 Å². The molecule has 1 N–H and O–H groups in total. The number of ether oxygens (including phenoxy) is 1. The Morgan fingerprint density at radius 2 is 2.10 bits per heavy atom. The summed E-state index contributed by atoms with van der Waals surface area (Å²) in [6.07, 6.45) is 2.01. The second-order valence-electron chi connectivity index (χ2n) is 4.89. The molecule has 0 radical (unpaired) electrons. The van der Waals surface area contributed by atoms with Crippen LogP contribution >= 0.6 is 0 Å². The molecule has 5 nitrogen and oxygen atoms in total. The molecule has 1 unspecified atom stereocenters. The molecule has 1 aliphatic rings. The number of benzene rings is 1. The maximum absolute atomic E-state index is 12.5. The normalized spacial score (nSPS) is 16.1. The minimum Gasteiger partial charge on any atom is -0.508 e. The van der Waals surface area contributed by atoms with Crippen LogP contribution in [0.2, 0.25) is 0 Å². The van der Waals surface area contributed by atoms with Gasteiger partial charge in [-0.15, -0.1) is 0 Å². The minimum absolute atomic E-state index is 0.163. The Labute approximate surface area is 118 Å². The average Bonchev–Trinajstić information content (AvgIpc) is 2.87. The maximum Gasteiger partial charge on any atom is 0.416 e. The first-order valence-corrected chi connectivity index (χ1v) is 6.90. The lowest BCUT2D eigenvalue weighted by atomic mass is 9.92. The Morgan fingerprint density at radius 1 is 1.40 bits per heavy atom. The third kappa shape index (κ3) is 3.10. The van der Waals surface area contributed by atoms with E-state index in [0.29, 0.717) is 13.0 Å². The minimum atomic E-state index is -0.560. The fraction of sp³-hybridized carbons (Fsp3) is 0.467. The number of imide groups is 1. The summed E-state index contributed by atoms with van der Waals surface area (Å²) in [5.41, 5.74) is 0.820. The third-order valence-corrected chi connectivity index (χ3v) is 3.47. The number of hydrogen-bond acceptors (Lipinski definition) is 4. The van der Waals surface area contributed by atoms with Crippen LogP contribution in [0.1, 0.15) is 37.7 Å². The summed E-state index contributed by atoms with van der Waals surface area (Å²) >= 11 is 0. The van der Waals surface area contributed by atoms with Gasteiger partial charge >= 0.3 is 6.09 Å². The van der Waals surface area contributed by atoms with E-state index in [0.717, 1.165) is 18.4 Å². The topological polar surface area (TPSA) is 66.8 Å². The number of amides is 2. The lowest BCUT2D eigenvalue weighted by Crippen LogP contribution is -2.35. The lowest BCUT2D eigenvalue weighted by molar-refractivity contribution is -0.129. The quantitative estimate of drug-likeness (QED) is 0.898. The predicted molar refractivity (Wildman–Crippen MR) is 73.4 cm³/mol. The molecule has 1 fully saturated rings. The number of phenols is 1. The molecule has 1 saturated heterocycles. The van der Waals surface area contributed by atoms with Crippen molar-refractivity contribution in [1.82, 2.24) is 4.90 Å². The first kappa shape index (κ1) is 14.4. The number of carbonyl (C=O) groups is 2. The number of aromatic hydroxyl groups is 1. The highest BCUT2D eigenvalue weighted by Crippen LogP contribution is 2.27. The van der Waals surface area contributed by atoms with Crippen LogP contribution in [0.4, 0.5) is 4.79 Å². The van der Waals surface area contributed by atoms with Gasteiger partial charge in [-0.3, -0.25) is 4.79 Å². The molecular weight excluding hydrogens is 258 g/mol. The molecule has 0 saturated carbocycles. The van der Waals surface area contributed by atoms with E-state index in [2.05, 4.69) is 6.92 Å². The summed E-state index contributed by atoms with van der Waals surface area (Å²) in [6.45, 7) is 2.64. The molecule has 2 rings (SSSR count). The molecule has 0 spiro atoms. The molecule has 20 heavy (non-hydrogen) atoms. The zero-order valence-corrected chi connectivity index (χ0v) is 11.5. The Balaban J connectivity index is 2.20. The number of carbonyl (C=O) groups excluding carboxylic acids is 2. The summed E-state index contributed by atoms with van der Waals surface area (Å²) in [5, 5.41) is 9.34. The molecule has 1 aromatic rings. The Morgan fingerprint density at radius 3 is 2.65 bits per heavy atom. The van der Waals surface area contributed by atoms with Gasteiger partial charge in [0.25, 0.3) is 0 Å². The first-order chi connectivity index (χ1) is 9.63. The predicted octanol–water partition coefficient (Wildman–Crippen LogP) is 2.64. The maximum atomic E-state index is 12.5. The molecule has 1 atom stereocenters. The number of hydrogen-bond donors (Lipinski definition) is 1. The number of unbranched alkanes of at least 4 members (excludes halogenated alkanes) is 1. The van der Waals surface area contributed by atoms with Crippen molar-refractivity contribution in [2.45, 2.75) is 32.1 Å². The zero-order valence-electron chi connectivity index (χ0n) is 11.5. The Bertz CT molecular complexity index is 483. The first-order valence-electron chi connectivity index (χ1n) is 6.90. The summed E-state index contributed by atoms with van der Waals surface area (Å²) in [4.78, 5) is 25.2. The number of rotatable bonds is 5. The monoisotopic (exact) mass is 277 g/mol. The van der Waals surface area contributed by atoms with Crippen LogP contribution in [0.25, 0.3) is 0 Å². The van der Waals surface area contributed by atoms with Gasteiger partial charge in [-0.25, -0.2) is 9.69 Å². The summed E-state index contributed by atoms with van der Waals surface area (Å²) in [5.74, 6) is -0.413. The number of nitrogens with zero attached hydrogens (tertiary/aromatic N) is 1. The number of phenolic OH excluding ortho intramolecular Hbond substituents is 1. The van der Waals surface area contributed by atoms with Crippen molar-refractivity contribution in [3.63, 3.8) is 0 Å². The van der Waals surface area contributed by atoms with Crippen LogP contribution in [-0.2, 0) is 9.53 Å². The van der Waals surface area contributed by atoms with E-state index in [1.807, 2.05) is 0 Å². The molecule has 1 aromatic carbocycles. The zero-order chi connectivity index (χ0) is 14.5. The van der Waals surface area contributed by atoms with Gasteiger partial charge in [0, 0.05) is 0 Å². The molecule has 0 aromatic heterocycles. The molecule has 108 valence electrons. The van der Waals surface area contributed by atoms with E-state index in [9.17, 15) is 14.7 Å². The van der Waals surface area contributed by atoms with E-state index >= 15 is 0 Å². The third-order valence-electron chi connectivity index (χ3n) is 3.47. The molecule has 0 bridgehead atoms. The fourth-order valence-electron chi connectivity index (χ4n) is 2.33. The van der Waals surface area contributed by atoms with Crippen molar-refractivity contribution in [1.29, 1.82) is 0 Å². The fourth-order valence-corrected chi connectivity index (χ4v) is 2.33. The van der Waals surface area contributed by atoms with E-state index < -0.39 is 6.09 Å². The van der Waals surface area contributed by atoms with Gasteiger partial charge in [0.2, 0.25) is 5.91 Å². The smallest absolute Gasteiger partial charge is 0.416 e. The largest absolute Gasteiger partial charge is 0.508 e. The second kappa shape index (κ2) is 6.41. The highest BCUT2D eigenvalue weighted by Gasteiger charge is 2.33. The lowest BCUT2D eigenvalue weighted by Gasteiger charge is -2.20. The van der Waals surface area contributed by atoms with Crippen molar-refractivity contribution >= 4 is 12.0 Å². The molecular formula is C15H19NO4. The van der Waals surface area contributed by atoms with E-state index in [1.165, 1.54) is 4.90 Å².